The highest BCUT2D eigenvalue weighted by atomic mass is 32.2. The van der Waals surface area contributed by atoms with Crippen LogP contribution in [0.25, 0.3) is 0 Å². The third-order valence-corrected chi connectivity index (χ3v) is 5.40. The van der Waals surface area contributed by atoms with E-state index in [4.69, 9.17) is 4.42 Å². The smallest absolute Gasteiger partial charge is 0.234 e. The van der Waals surface area contributed by atoms with Crippen LogP contribution in [0.15, 0.2) is 47.1 Å². The van der Waals surface area contributed by atoms with E-state index in [1.165, 1.54) is 11.8 Å². The third kappa shape index (κ3) is 6.15. The Morgan fingerprint density at radius 3 is 2.48 bits per heavy atom. The van der Waals surface area contributed by atoms with Gasteiger partial charge in [-0.2, -0.15) is 0 Å². The number of aryl methyl sites for hydroxylation is 1. The Hall–Kier alpha value is -2.25. The van der Waals surface area contributed by atoms with Gasteiger partial charge in [0.25, 0.3) is 0 Å². The monoisotopic (exact) mass is 387 g/mol. The van der Waals surface area contributed by atoms with Crippen molar-refractivity contribution < 1.29 is 14.0 Å². The van der Waals surface area contributed by atoms with E-state index >= 15 is 0 Å². The lowest BCUT2D eigenvalue weighted by Gasteiger charge is -2.34. The number of furan rings is 1. The molecule has 0 saturated carbocycles. The maximum atomic E-state index is 12.3. The molecule has 2 amide bonds. The molecule has 0 radical (unpaired) electrons. The van der Waals surface area contributed by atoms with Crippen LogP contribution in [-0.2, 0) is 16.1 Å². The average molecular weight is 388 g/mol. The van der Waals surface area contributed by atoms with Gasteiger partial charge in [-0.3, -0.25) is 14.5 Å². The molecule has 7 heteroatoms. The van der Waals surface area contributed by atoms with Crippen molar-refractivity contribution in [1.82, 2.24) is 9.80 Å². The normalized spacial score (nSPS) is 14.9. The first kappa shape index (κ1) is 19.5. The molecule has 1 aromatic carbocycles. The van der Waals surface area contributed by atoms with Crippen molar-refractivity contribution in [2.24, 2.45) is 0 Å². The quantitative estimate of drug-likeness (QED) is 0.791. The van der Waals surface area contributed by atoms with Crippen LogP contribution in [0.3, 0.4) is 0 Å². The highest BCUT2D eigenvalue weighted by Crippen LogP contribution is 2.12. The SMILES string of the molecule is Cc1ccc(NC(=O)CSCC(=O)N2CCN(Cc3ccco3)CC2)cc1. The van der Waals surface area contributed by atoms with E-state index in [0.29, 0.717) is 5.75 Å². The van der Waals surface area contributed by atoms with Crippen LogP contribution in [0, 0.1) is 6.92 Å². The molecule has 2 aromatic rings. The van der Waals surface area contributed by atoms with Crippen LogP contribution in [0.1, 0.15) is 11.3 Å². The third-order valence-electron chi connectivity index (χ3n) is 4.48. The number of piperazine rings is 1. The van der Waals surface area contributed by atoms with E-state index in [9.17, 15) is 9.59 Å². The molecule has 1 aliphatic heterocycles. The fraction of sp³-hybridized carbons (Fsp3) is 0.400. The summed E-state index contributed by atoms with van der Waals surface area (Å²) in [5, 5.41) is 2.85. The summed E-state index contributed by atoms with van der Waals surface area (Å²) in [5.74, 6) is 1.57. The summed E-state index contributed by atoms with van der Waals surface area (Å²) in [7, 11) is 0. The standard InChI is InChI=1S/C20H25N3O3S/c1-16-4-6-17(7-5-16)21-19(24)14-27-15-20(25)23-10-8-22(9-11-23)13-18-3-2-12-26-18/h2-7,12H,8-11,13-15H2,1H3,(H,21,24). The van der Waals surface area contributed by atoms with Crippen LogP contribution in [0.4, 0.5) is 5.69 Å². The maximum absolute atomic E-state index is 12.3. The van der Waals surface area contributed by atoms with Crippen molar-refractivity contribution in [3.05, 3.63) is 54.0 Å². The number of hydrogen-bond donors (Lipinski definition) is 1. The van der Waals surface area contributed by atoms with Gasteiger partial charge in [0.05, 0.1) is 24.3 Å². The van der Waals surface area contributed by atoms with Gasteiger partial charge < -0.3 is 14.6 Å². The van der Waals surface area contributed by atoms with E-state index in [0.717, 1.165) is 49.7 Å². The van der Waals surface area contributed by atoms with Crippen molar-refractivity contribution >= 4 is 29.3 Å². The number of carbonyl (C=O) groups is 2. The van der Waals surface area contributed by atoms with E-state index in [2.05, 4.69) is 10.2 Å². The zero-order valence-electron chi connectivity index (χ0n) is 15.5. The number of benzene rings is 1. The molecular formula is C20H25N3O3S. The zero-order chi connectivity index (χ0) is 19.1. The molecule has 1 fully saturated rings. The van der Waals surface area contributed by atoms with Gasteiger partial charge in [-0.15, -0.1) is 11.8 Å². The largest absolute Gasteiger partial charge is 0.468 e. The molecule has 1 aromatic heterocycles. The first-order valence-electron chi connectivity index (χ1n) is 9.07. The molecule has 3 rings (SSSR count). The van der Waals surface area contributed by atoms with Crippen molar-refractivity contribution in [3.8, 4) is 0 Å². The number of thioether (sulfide) groups is 1. The van der Waals surface area contributed by atoms with Crippen LogP contribution >= 0.6 is 11.8 Å². The summed E-state index contributed by atoms with van der Waals surface area (Å²) in [5.41, 5.74) is 1.93. The fourth-order valence-electron chi connectivity index (χ4n) is 2.93. The summed E-state index contributed by atoms with van der Waals surface area (Å²) in [6.07, 6.45) is 1.68. The minimum atomic E-state index is -0.0834. The molecule has 1 N–H and O–H groups in total. The van der Waals surface area contributed by atoms with Crippen LogP contribution < -0.4 is 5.32 Å². The number of nitrogens with zero attached hydrogens (tertiary/aromatic N) is 2. The average Bonchev–Trinajstić information content (AvgIpc) is 3.17. The molecule has 144 valence electrons. The Morgan fingerprint density at radius 2 is 1.81 bits per heavy atom. The first-order valence-corrected chi connectivity index (χ1v) is 10.2. The number of amides is 2. The summed E-state index contributed by atoms with van der Waals surface area (Å²) in [6, 6.07) is 11.5. The number of nitrogens with one attached hydrogen (secondary N) is 1. The minimum absolute atomic E-state index is 0.0834. The summed E-state index contributed by atoms with van der Waals surface area (Å²) in [6.45, 7) is 5.90. The van der Waals surface area contributed by atoms with E-state index < -0.39 is 0 Å². The molecule has 0 spiro atoms. The Morgan fingerprint density at radius 1 is 1.07 bits per heavy atom. The maximum Gasteiger partial charge on any atom is 0.234 e. The number of anilines is 1. The lowest BCUT2D eigenvalue weighted by Crippen LogP contribution is -2.48. The molecule has 1 saturated heterocycles. The van der Waals surface area contributed by atoms with Gasteiger partial charge in [0.1, 0.15) is 5.76 Å². The molecule has 0 atom stereocenters. The van der Waals surface area contributed by atoms with E-state index in [1.54, 1.807) is 6.26 Å². The molecule has 6 nitrogen and oxygen atoms in total. The van der Waals surface area contributed by atoms with Gasteiger partial charge in [-0.1, -0.05) is 17.7 Å². The second-order valence-electron chi connectivity index (χ2n) is 6.64. The number of carbonyl (C=O) groups excluding carboxylic acids is 2. The molecule has 1 aliphatic rings. The number of hydrogen-bond acceptors (Lipinski definition) is 5. The van der Waals surface area contributed by atoms with Crippen molar-refractivity contribution in [3.63, 3.8) is 0 Å². The topological polar surface area (TPSA) is 65.8 Å². The fourth-order valence-corrected chi connectivity index (χ4v) is 3.65. The van der Waals surface area contributed by atoms with Gasteiger partial charge in [0.2, 0.25) is 11.8 Å². The van der Waals surface area contributed by atoms with Crippen LogP contribution in [0.2, 0.25) is 0 Å². The Bertz CT molecular complexity index is 738. The Kier molecular flexibility index (Phi) is 6.95. The highest BCUT2D eigenvalue weighted by Gasteiger charge is 2.21. The molecule has 2 heterocycles. The molecule has 0 unspecified atom stereocenters. The Labute approximate surface area is 163 Å². The van der Waals surface area contributed by atoms with Crippen molar-refractivity contribution in [1.29, 1.82) is 0 Å². The lowest BCUT2D eigenvalue weighted by molar-refractivity contribution is -0.130. The number of rotatable bonds is 7. The van der Waals surface area contributed by atoms with E-state index in [-0.39, 0.29) is 17.6 Å². The summed E-state index contributed by atoms with van der Waals surface area (Å²) in [4.78, 5) is 28.5. The molecular weight excluding hydrogens is 362 g/mol. The van der Waals surface area contributed by atoms with Gasteiger partial charge in [-0.05, 0) is 31.2 Å². The van der Waals surface area contributed by atoms with Crippen LogP contribution in [0.5, 0.6) is 0 Å². The zero-order valence-corrected chi connectivity index (χ0v) is 16.3. The van der Waals surface area contributed by atoms with Crippen LogP contribution in [-0.4, -0.2) is 59.3 Å². The minimum Gasteiger partial charge on any atom is -0.468 e. The molecule has 0 aliphatic carbocycles. The Balaban J connectivity index is 1.32. The van der Waals surface area contributed by atoms with Gasteiger partial charge in [0, 0.05) is 31.9 Å². The summed E-state index contributed by atoms with van der Waals surface area (Å²) < 4.78 is 5.37. The van der Waals surface area contributed by atoms with Gasteiger partial charge in [0.15, 0.2) is 0 Å². The molecule has 0 bridgehead atoms. The second kappa shape index (κ2) is 9.62. The predicted molar refractivity (Wildman–Crippen MR) is 108 cm³/mol. The van der Waals surface area contributed by atoms with Gasteiger partial charge >= 0.3 is 0 Å². The first-order chi connectivity index (χ1) is 13.1. The van der Waals surface area contributed by atoms with Crippen molar-refractivity contribution in [2.45, 2.75) is 13.5 Å². The molecule has 27 heavy (non-hydrogen) atoms. The summed E-state index contributed by atoms with van der Waals surface area (Å²) >= 11 is 1.36. The predicted octanol–water partition coefficient (Wildman–Crippen LogP) is 2.60. The lowest BCUT2D eigenvalue weighted by atomic mass is 10.2. The highest BCUT2D eigenvalue weighted by molar-refractivity contribution is 8.00. The van der Waals surface area contributed by atoms with E-state index in [1.807, 2.05) is 48.2 Å². The van der Waals surface area contributed by atoms with Crippen molar-refractivity contribution in [2.75, 3.05) is 43.0 Å². The van der Waals surface area contributed by atoms with Gasteiger partial charge in [-0.25, -0.2) is 0 Å². The second-order valence-corrected chi connectivity index (χ2v) is 7.63.